The van der Waals surface area contributed by atoms with Gasteiger partial charge >= 0.3 is 18.1 Å². The largest absolute Gasteiger partial charge is 0.462 e. The molecular weight excluding hydrogens is 466 g/mol. The number of benzene rings is 3. The number of nitrogens with zero attached hydrogens (tertiary/aromatic N) is 1. The van der Waals surface area contributed by atoms with Gasteiger partial charge in [0.1, 0.15) is 11.5 Å². The van der Waals surface area contributed by atoms with Gasteiger partial charge < -0.3 is 29.8 Å². The molecule has 0 atom stereocenters. The van der Waals surface area contributed by atoms with Crippen LogP contribution in [-0.2, 0) is 9.47 Å². The Kier molecular flexibility index (Phi) is 7.30. The van der Waals surface area contributed by atoms with Gasteiger partial charge in [-0.05, 0) is 61.5 Å². The molecule has 4 rings (SSSR count). The van der Waals surface area contributed by atoms with Crippen LogP contribution < -0.4 is 20.7 Å². The minimum absolute atomic E-state index is 0.260. The molecule has 4 N–H and O–H groups in total. The van der Waals surface area contributed by atoms with Gasteiger partial charge in [0.2, 0.25) is 5.95 Å². The number of carbonyl (C=O) groups excluding carboxylic acids is 3. The third kappa shape index (κ3) is 6.08. The van der Waals surface area contributed by atoms with Crippen molar-refractivity contribution in [3.8, 4) is 11.5 Å². The number of hydrogen-bond donors (Lipinski definition) is 4. The number of hydrogen-bond acceptors (Lipinski definition) is 7. The standard InChI is InChI=1S/C25H23N5O6/c1-3-35-22(31)15-5-4-6-17(13-15)27-24(32)26-16-7-9-18(10-8-16)36-19-11-12-20-21(14-19)29-23(28-20)30-25(33)34-2/h4-14H,3H2,1-2H3,(H2,26,27,32)(H2,28,29,30,33). The average molecular weight is 489 g/mol. The van der Waals surface area contributed by atoms with Crippen LogP contribution in [0.4, 0.5) is 26.9 Å². The van der Waals surface area contributed by atoms with Crippen molar-refractivity contribution in [2.24, 2.45) is 0 Å². The number of aromatic amines is 1. The number of esters is 1. The third-order valence-electron chi connectivity index (χ3n) is 4.84. The van der Waals surface area contributed by atoms with Crippen molar-refractivity contribution in [3.05, 3.63) is 72.3 Å². The molecule has 184 valence electrons. The van der Waals surface area contributed by atoms with Crippen LogP contribution in [0, 0.1) is 0 Å². The predicted octanol–water partition coefficient (Wildman–Crippen LogP) is 5.35. The number of amides is 3. The van der Waals surface area contributed by atoms with Crippen LogP contribution in [0.15, 0.2) is 66.7 Å². The summed E-state index contributed by atoms with van der Waals surface area (Å²) in [6, 6.07) is 18.1. The van der Waals surface area contributed by atoms with Crippen LogP contribution in [0.2, 0.25) is 0 Å². The monoisotopic (exact) mass is 489 g/mol. The van der Waals surface area contributed by atoms with Crippen molar-refractivity contribution in [1.29, 1.82) is 0 Å². The summed E-state index contributed by atoms with van der Waals surface area (Å²) in [5, 5.41) is 7.88. The topological polar surface area (TPSA) is 144 Å². The molecule has 3 amide bonds. The maximum Gasteiger partial charge on any atom is 0.413 e. The fraction of sp³-hybridized carbons (Fsp3) is 0.120. The average Bonchev–Trinajstić information content (AvgIpc) is 3.27. The third-order valence-corrected chi connectivity index (χ3v) is 4.84. The lowest BCUT2D eigenvalue weighted by Gasteiger charge is -2.10. The molecular formula is C25H23N5O6. The number of ether oxygens (including phenoxy) is 3. The van der Waals surface area contributed by atoms with E-state index in [4.69, 9.17) is 9.47 Å². The van der Waals surface area contributed by atoms with Gasteiger partial charge in [-0.1, -0.05) is 6.07 Å². The second-order valence-electron chi connectivity index (χ2n) is 7.39. The van der Waals surface area contributed by atoms with Crippen LogP contribution in [0.5, 0.6) is 11.5 Å². The first kappa shape index (κ1) is 24.1. The number of imidazole rings is 1. The van der Waals surface area contributed by atoms with Gasteiger partial charge in [0.15, 0.2) is 0 Å². The van der Waals surface area contributed by atoms with E-state index in [0.29, 0.717) is 39.5 Å². The van der Waals surface area contributed by atoms with Crippen molar-refractivity contribution in [1.82, 2.24) is 9.97 Å². The van der Waals surface area contributed by atoms with Gasteiger partial charge in [0, 0.05) is 17.4 Å². The zero-order valence-corrected chi connectivity index (χ0v) is 19.5. The molecule has 0 saturated carbocycles. The maximum atomic E-state index is 12.4. The van der Waals surface area contributed by atoms with Gasteiger partial charge in [-0.2, -0.15) is 0 Å². The smallest absolute Gasteiger partial charge is 0.413 e. The normalized spacial score (nSPS) is 10.4. The van der Waals surface area contributed by atoms with E-state index >= 15 is 0 Å². The van der Waals surface area contributed by atoms with Crippen molar-refractivity contribution < 1.29 is 28.6 Å². The Morgan fingerprint density at radius 1 is 0.889 bits per heavy atom. The molecule has 3 aromatic carbocycles. The number of urea groups is 1. The van der Waals surface area contributed by atoms with Gasteiger partial charge in [0.25, 0.3) is 0 Å². The Morgan fingerprint density at radius 3 is 2.39 bits per heavy atom. The highest BCUT2D eigenvalue weighted by Crippen LogP contribution is 2.26. The molecule has 0 fully saturated rings. The summed E-state index contributed by atoms with van der Waals surface area (Å²) in [6.45, 7) is 1.99. The number of H-pyrrole nitrogens is 1. The first-order chi connectivity index (χ1) is 17.4. The molecule has 4 aromatic rings. The van der Waals surface area contributed by atoms with Crippen LogP contribution in [0.25, 0.3) is 11.0 Å². The molecule has 0 saturated heterocycles. The van der Waals surface area contributed by atoms with Crippen LogP contribution in [-0.4, -0.2) is 41.8 Å². The summed E-state index contributed by atoms with van der Waals surface area (Å²) in [7, 11) is 1.27. The second-order valence-corrected chi connectivity index (χ2v) is 7.39. The number of rotatable bonds is 7. The van der Waals surface area contributed by atoms with Crippen LogP contribution >= 0.6 is 0 Å². The van der Waals surface area contributed by atoms with E-state index in [9.17, 15) is 14.4 Å². The number of methoxy groups -OCH3 is 1. The lowest BCUT2D eigenvalue weighted by atomic mass is 10.2. The summed E-state index contributed by atoms with van der Waals surface area (Å²) in [5.41, 5.74) is 2.66. The summed E-state index contributed by atoms with van der Waals surface area (Å²) in [6.07, 6.45) is -0.627. The maximum absolute atomic E-state index is 12.4. The fourth-order valence-corrected chi connectivity index (χ4v) is 3.23. The molecule has 0 radical (unpaired) electrons. The molecule has 0 unspecified atom stereocenters. The highest BCUT2D eigenvalue weighted by Gasteiger charge is 2.10. The molecule has 0 aliphatic carbocycles. The van der Waals surface area contributed by atoms with E-state index in [1.165, 1.54) is 7.11 Å². The van der Waals surface area contributed by atoms with Crippen LogP contribution in [0.3, 0.4) is 0 Å². The SMILES string of the molecule is CCOC(=O)c1cccc(NC(=O)Nc2ccc(Oc3ccc4nc(NC(=O)OC)[nH]c4c3)cc2)c1. The summed E-state index contributed by atoms with van der Waals surface area (Å²) >= 11 is 0. The van der Waals surface area contributed by atoms with E-state index < -0.39 is 18.1 Å². The summed E-state index contributed by atoms with van der Waals surface area (Å²) in [4.78, 5) is 42.8. The van der Waals surface area contributed by atoms with Crippen molar-refractivity contribution in [3.63, 3.8) is 0 Å². The first-order valence-electron chi connectivity index (χ1n) is 10.9. The van der Waals surface area contributed by atoms with Crippen LogP contribution in [0.1, 0.15) is 17.3 Å². The number of fused-ring (bicyclic) bond motifs is 1. The Balaban J connectivity index is 1.35. The van der Waals surface area contributed by atoms with Crippen molar-refractivity contribution in [2.75, 3.05) is 29.7 Å². The quantitative estimate of drug-likeness (QED) is 0.256. The molecule has 0 spiro atoms. The molecule has 1 heterocycles. The van der Waals surface area contributed by atoms with Gasteiger partial charge in [-0.15, -0.1) is 0 Å². The number of nitrogens with one attached hydrogen (secondary N) is 4. The Hall–Kier alpha value is -5.06. The van der Waals surface area contributed by atoms with Gasteiger partial charge in [-0.25, -0.2) is 19.4 Å². The first-order valence-corrected chi connectivity index (χ1v) is 10.9. The van der Waals surface area contributed by atoms with E-state index in [1.54, 1.807) is 73.7 Å². The summed E-state index contributed by atoms with van der Waals surface area (Å²) < 4.78 is 15.4. The molecule has 11 heteroatoms. The molecule has 36 heavy (non-hydrogen) atoms. The molecule has 11 nitrogen and oxygen atoms in total. The van der Waals surface area contributed by atoms with E-state index in [1.807, 2.05) is 0 Å². The van der Waals surface area contributed by atoms with Gasteiger partial charge in [0.05, 0.1) is 30.3 Å². The second kappa shape index (κ2) is 10.9. The molecule has 1 aromatic heterocycles. The number of carbonyl (C=O) groups is 3. The van der Waals surface area contributed by atoms with Crippen molar-refractivity contribution in [2.45, 2.75) is 6.92 Å². The fourth-order valence-electron chi connectivity index (χ4n) is 3.23. The zero-order valence-electron chi connectivity index (χ0n) is 19.5. The van der Waals surface area contributed by atoms with E-state index in [-0.39, 0.29) is 12.6 Å². The highest BCUT2D eigenvalue weighted by molar-refractivity contribution is 6.00. The van der Waals surface area contributed by atoms with E-state index in [2.05, 4.69) is 30.7 Å². The Morgan fingerprint density at radius 2 is 1.64 bits per heavy atom. The van der Waals surface area contributed by atoms with E-state index in [0.717, 1.165) is 0 Å². The molecule has 0 aliphatic heterocycles. The van der Waals surface area contributed by atoms with Gasteiger partial charge in [-0.3, -0.25) is 5.32 Å². The summed E-state index contributed by atoms with van der Waals surface area (Å²) in [5.74, 6) is 0.906. The molecule has 0 bridgehead atoms. The Bertz CT molecular complexity index is 1400. The lowest BCUT2D eigenvalue weighted by molar-refractivity contribution is 0.0526. The predicted molar refractivity (Wildman–Crippen MR) is 134 cm³/mol. The minimum atomic E-state index is -0.627. The van der Waals surface area contributed by atoms with Crippen molar-refractivity contribution >= 4 is 46.5 Å². The lowest BCUT2D eigenvalue weighted by Crippen LogP contribution is -2.19. The zero-order chi connectivity index (χ0) is 25.5. The highest BCUT2D eigenvalue weighted by atomic mass is 16.5. The minimum Gasteiger partial charge on any atom is -0.462 e. The Labute approximate surface area is 205 Å². The molecule has 0 aliphatic rings. The number of aromatic nitrogens is 2. The number of anilines is 3.